The van der Waals surface area contributed by atoms with Gasteiger partial charge in [0.2, 0.25) is 0 Å². The van der Waals surface area contributed by atoms with Crippen LogP contribution in [0.15, 0.2) is 6.07 Å². The monoisotopic (exact) mass is 444 g/mol. The van der Waals surface area contributed by atoms with E-state index in [4.69, 9.17) is 0 Å². The molecule has 32 heavy (non-hydrogen) atoms. The maximum atomic E-state index is 15.7. The van der Waals surface area contributed by atoms with E-state index in [0.717, 1.165) is 55.1 Å². The van der Waals surface area contributed by atoms with E-state index in [9.17, 15) is 0 Å². The first-order chi connectivity index (χ1) is 15.6. The molecule has 0 amide bonds. The number of benzene rings is 1. The van der Waals surface area contributed by atoms with Gasteiger partial charge in [-0.3, -0.25) is 0 Å². The smallest absolute Gasteiger partial charge is 0.133 e. The second-order valence-electron chi connectivity index (χ2n) is 11.5. The number of hydrogen-bond donors (Lipinski definition) is 0. The summed E-state index contributed by atoms with van der Waals surface area (Å²) >= 11 is 0. The number of halogens is 2. The summed E-state index contributed by atoms with van der Waals surface area (Å²) in [4.78, 5) is 0. The summed E-state index contributed by atoms with van der Waals surface area (Å²) in [7, 11) is 0. The van der Waals surface area contributed by atoms with Crippen LogP contribution in [0.4, 0.5) is 8.78 Å². The average molecular weight is 445 g/mol. The molecule has 4 rings (SSSR count). The zero-order chi connectivity index (χ0) is 22.5. The van der Waals surface area contributed by atoms with Crippen LogP contribution in [0.3, 0.4) is 0 Å². The van der Waals surface area contributed by atoms with Gasteiger partial charge in [0.15, 0.2) is 0 Å². The molecule has 5 atom stereocenters. The van der Waals surface area contributed by atoms with Gasteiger partial charge in [0.25, 0.3) is 0 Å². The van der Waals surface area contributed by atoms with E-state index in [2.05, 4.69) is 13.8 Å². The maximum absolute atomic E-state index is 15.7. The fraction of sp³-hybridized carbons (Fsp3) is 0.800. The number of hydrogen-bond acceptors (Lipinski definition) is 0. The van der Waals surface area contributed by atoms with Crippen LogP contribution in [0.1, 0.15) is 133 Å². The van der Waals surface area contributed by atoms with Gasteiger partial charge < -0.3 is 0 Å². The second kappa shape index (κ2) is 11.5. The first-order valence-corrected chi connectivity index (χ1v) is 14.1. The molecular weight excluding hydrogens is 398 g/mol. The Morgan fingerprint density at radius 2 is 1.47 bits per heavy atom. The molecule has 0 radical (unpaired) electrons. The van der Waals surface area contributed by atoms with Gasteiger partial charge in [-0.15, -0.1) is 0 Å². The number of unbranched alkanes of at least 4 members (excludes halogenated alkanes) is 4. The molecule has 0 N–H and O–H groups in total. The van der Waals surface area contributed by atoms with Gasteiger partial charge in [-0.05, 0) is 98.1 Å². The maximum Gasteiger partial charge on any atom is 0.133 e. The lowest BCUT2D eigenvalue weighted by Crippen LogP contribution is -2.31. The van der Waals surface area contributed by atoms with Crippen LogP contribution in [0.5, 0.6) is 0 Å². The fourth-order valence-corrected chi connectivity index (χ4v) is 7.44. The summed E-state index contributed by atoms with van der Waals surface area (Å²) in [6.07, 6.45) is 20.3. The third-order valence-corrected chi connectivity index (χ3v) is 9.32. The predicted octanol–water partition coefficient (Wildman–Crippen LogP) is 9.53. The van der Waals surface area contributed by atoms with Crippen molar-refractivity contribution in [2.24, 2.45) is 23.7 Å². The molecule has 0 aliphatic heterocycles. The predicted molar refractivity (Wildman–Crippen MR) is 131 cm³/mol. The molecule has 0 aromatic heterocycles. The number of rotatable bonds is 9. The lowest BCUT2D eigenvalue weighted by molar-refractivity contribution is 0.111. The molecular formula is C30H46F2. The highest BCUT2D eigenvalue weighted by Gasteiger charge is 2.38. The van der Waals surface area contributed by atoms with E-state index in [1.165, 1.54) is 77.0 Å². The van der Waals surface area contributed by atoms with Crippen molar-refractivity contribution in [1.82, 2.24) is 0 Å². The third-order valence-electron chi connectivity index (χ3n) is 9.32. The van der Waals surface area contributed by atoms with Crippen molar-refractivity contribution in [2.45, 2.75) is 129 Å². The molecule has 0 bridgehead atoms. The van der Waals surface area contributed by atoms with Crippen molar-refractivity contribution >= 4 is 0 Å². The van der Waals surface area contributed by atoms with E-state index < -0.39 is 0 Å². The lowest BCUT2D eigenvalue weighted by Gasteiger charge is -2.42. The third kappa shape index (κ3) is 5.58. The van der Waals surface area contributed by atoms with Gasteiger partial charge in [0.05, 0.1) is 0 Å². The zero-order valence-corrected chi connectivity index (χ0v) is 20.7. The normalized spacial score (nSPS) is 30.1. The van der Waals surface area contributed by atoms with Crippen molar-refractivity contribution in [2.75, 3.05) is 0 Å². The van der Waals surface area contributed by atoms with Crippen LogP contribution < -0.4 is 0 Å². The van der Waals surface area contributed by atoms with Crippen LogP contribution in [0.25, 0.3) is 0 Å². The van der Waals surface area contributed by atoms with Crippen molar-refractivity contribution in [1.29, 1.82) is 0 Å². The molecule has 0 spiro atoms. The molecule has 2 fully saturated rings. The van der Waals surface area contributed by atoms with Gasteiger partial charge in [-0.2, -0.15) is 0 Å². The average Bonchev–Trinajstić information content (AvgIpc) is 2.79. The molecule has 2 saturated carbocycles. The minimum Gasteiger partial charge on any atom is -0.207 e. The van der Waals surface area contributed by atoms with Gasteiger partial charge in [0.1, 0.15) is 11.6 Å². The van der Waals surface area contributed by atoms with E-state index in [1.807, 2.05) is 0 Å². The zero-order valence-electron chi connectivity index (χ0n) is 20.7. The summed E-state index contributed by atoms with van der Waals surface area (Å²) < 4.78 is 30.9. The first kappa shape index (κ1) is 24.2. The van der Waals surface area contributed by atoms with Crippen LogP contribution in [0.2, 0.25) is 0 Å². The van der Waals surface area contributed by atoms with Crippen LogP contribution in [-0.4, -0.2) is 0 Å². The molecule has 5 unspecified atom stereocenters. The summed E-state index contributed by atoms with van der Waals surface area (Å²) in [6, 6.07) is 1.73. The Kier molecular flexibility index (Phi) is 8.68. The van der Waals surface area contributed by atoms with Crippen molar-refractivity contribution in [3.63, 3.8) is 0 Å². The Hall–Kier alpha value is -0.920. The Morgan fingerprint density at radius 3 is 2.22 bits per heavy atom. The SMILES string of the molecule is CCCCCC1CCc2c(cc(F)c(C3CCC4CC(CCCCC)CCC4C3)c2F)C1. The standard InChI is InChI=1S/C30H46F2/c1-3-5-7-9-21-11-13-24-19-25(15-14-23(24)17-21)29-28(31)20-26-18-22(10-8-6-4-2)12-16-27(26)30(29)32/h20-25H,3-19H2,1-2H3. The molecule has 3 aliphatic rings. The topological polar surface area (TPSA) is 0 Å². The van der Waals surface area contributed by atoms with Crippen molar-refractivity contribution < 1.29 is 8.78 Å². The van der Waals surface area contributed by atoms with Crippen LogP contribution in [-0.2, 0) is 12.8 Å². The number of fused-ring (bicyclic) bond motifs is 2. The van der Waals surface area contributed by atoms with Gasteiger partial charge in [0, 0.05) is 5.56 Å². The minimum atomic E-state index is -0.243. The van der Waals surface area contributed by atoms with E-state index in [-0.39, 0.29) is 17.6 Å². The Labute approximate surface area is 196 Å². The highest BCUT2D eigenvalue weighted by atomic mass is 19.1. The van der Waals surface area contributed by atoms with Gasteiger partial charge >= 0.3 is 0 Å². The van der Waals surface area contributed by atoms with E-state index in [0.29, 0.717) is 17.4 Å². The molecule has 0 saturated heterocycles. The Bertz CT molecular complexity index is 739. The summed E-state index contributed by atoms with van der Waals surface area (Å²) in [5.74, 6) is 2.70. The lowest BCUT2D eigenvalue weighted by atomic mass is 9.63. The minimum absolute atomic E-state index is 0.0977. The van der Waals surface area contributed by atoms with Gasteiger partial charge in [-0.25, -0.2) is 8.78 Å². The molecule has 0 nitrogen and oxygen atoms in total. The Balaban J connectivity index is 1.39. The molecule has 1 aromatic carbocycles. The molecule has 3 aliphatic carbocycles. The first-order valence-electron chi connectivity index (χ1n) is 14.1. The summed E-state index contributed by atoms with van der Waals surface area (Å²) in [6.45, 7) is 4.51. The quantitative estimate of drug-likeness (QED) is 0.333. The van der Waals surface area contributed by atoms with Crippen LogP contribution >= 0.6 is 0 Å². The van der Waals surface area contributed by atoms with Crippen molar-refractivity contribution in [3.8, 4) is 0 Å². The highest BCUT2D eigenvalue weighted by Crippen LogP contribution is 2.49. The largest absolute Gasteiger partial charge is 0.207 e. The fourth-order valence-electron chi connectivity index (χ4n) is 7.44. The molecule has 180 valence electrons. The molecule has 1 aromatic rings. The Morgan fingerprint density at radius 1 is 0.781 bits per heavy atom. The highest BCUT2D eigenvalue weighted by molar-refractivity contribution is 5.39. The van der Waals surface area contributed by atoms with Gasteiger partial charge in [-0.1, -0.05) is 71.6 Å². The summed E-state index contributed by atoms with van der Waals surface area (Å²) in [5.41, 5.74) is 2.28. The van der Waals surface area contributed by atoms with Crippen molar-refractivity contribution in [3.05, 3.63) is 34.4 Å². The van der Waals surface area contributed by atoms with Crippen LogP contribution in [0, 0.1) is 35.3 Å². The summed E-state index contributed by atoms with van der Waals surface area (Å²) in [5, 5.41) is 0. The second-order valence-corrected chi connectivity index (χ2v) is 11.5. The van der Waals surface area contributed by atoms with E-state index in [1.54, 1.807) is 6.07 Å². The molecule has 0 heterocycles. The molecule has 2 heteroatoms. The van der Waals surface area contributed by atoms with E-state index >= 15 is 8.78 Å².